The Bertz CT molecular complexity index is 1500. The monoisotopic (exact) mass is 634 g/mol. The number of benzene rings is 1. The first-order chi connectivity index (χ1) is 22.2. The summed E-state index contributed by atoms with van der Waals surface area (Å²) in [5.41, 5.74) is 1.50. The number of amides is 5. The Morgan fingerprint density at radius 3 is 2.37 bits per heavy atom. The molecule has 1 aromatic heterocycles. The smallest absolute Gasteiger partial charge is 0.409 e. The first-order valence-corrected chi connectivity index (χ1v) is 16.4. The zero-order valence-electron chi connectivity index (χ0n) is 26.3. The number of nitrogens with zero attached hydrogens (tertiary/aromatic N) is 4. The number of aryl methyl sites for hydroxylation is 1. The summed E-state index contributed by atoms with van der Waals surface area (Å²) in [6, 6.07) is 6.71. The van der Waals surface area contributed by atoms with E-state index in [0.717, 1.165) is 44.1 Å². The molecule has 2 saturated carbocycles. The molecule has 5 amide bonds. The van der Waals surface area contributed by atoms with E-state index >= 15 is 0 Å². The molecule has 13 nitrogen and oxygen atoms in total. The van der Waals surface area contributed by atoms with Crippen molar-refractivity contribution in [3.63, 3.8) is 0 Å². The minimum atomic E-state index is -0.553. The van der Waals surface area contributed by atoms with Crippen molar-refractivity contribution in [2.75, 3.05) is 52.5 Å². The molecular weight excluding hydrogens is 592 g/mol. The number of hydrogen-bond acceptors (Lipinski definition) is 8. The summed E-state index contributed by atoms with van der Waals surface area (Å²) in [5, 5.41) is 6.34. The highest BCUT2D eigenvalue weighted by atomic mass is 16.6. The number of aromatic nitrogens is 1. The highest BCUT2D eigenvalue weighted by Gasteiger charge is 2.36. The van der Waals surface area contributed by atoms with Crippen LogP contribution in [0.4, 0.5) is 4.79 Å². The van der Waals surface area contributed by atoms with E-state index in [-0.39, 0.29) is 48.7 Å². The average Bonchev–Trinajstić information content (AvgIpc) is 3.74. The van der Waals surface area contributed by atoms with Crippen LogP contribution in [0.15, 0.2) is 24.3 Å². The van der Waals surface area contributed by atoms with Crippen LogP contribution < -0.4 is 15.4 Å². The van der Waals surface area contributed by atoms with E-state index in [1.54, 1.807) is 14.7 Å². The molecule has 2 N–H and O–H groups in total. The van der Waals surface area contributed by atoms with Gasteiger partial charge in [0.05, 0.1) is 18.7 Å². The molecule has 6 rings (SSSR count). The number of rotatable bonds is 10. The van der Waals surface area contributed by atoms with Gasteiger partial charge in [-0.25, -0.2) is 9.78 Å². The van der Waals surface area contributed by atoms with Crippen LogP contribution in [0.3, 0.4) is 0 Å². The van der Waals surface area contributed by atoms with Crippen LogP contribution in [0.1, 0.15) is 61.0 Å². The van der Waals surface area contributed by atoms with Crippen LogP contribution in [-0.4, -0.2) is 114 Å². The lowest BCUT2D eigenvalue weighted by Crippen LogP contribution is -2.52. The van der Waals surface area contributed by atoms with Crippen molar-refractivity contribution in [3.8, 4) is 5.75 Å². The first-order valence-electron chi connectivity index (χ1n) is 16.4. The van der Waals surface area contributed by atoms with Crippen molar-refractivity contribution in [2.24, 2.45) is 5.92 Å². The number of pyridine rings is 1. The third kappa shape index (κ3) is 7.51. The summed E-state index contributed by atoms with van der Waals surface area (Å²) in [6.07, 6.45) is 6.28. The SMILES string of the molecule is Cc1ccc2c(OCC(=O)N3CCC[C@H]3C(=O)NC3CCC3)cc(C(=O)NCC(=O)N3CCN(C(=O)OCC4CC4)CC3)nc2c1. The molecule has 4 aliphatic rings. The minimum absolute atomic E-state index is 0.0514. The summed E-state index contributed by atoms with van der Waals surface area (Å²) in [6.45, 7) is 3.78. The normalized spacial score (nSPS) is 19.8. The van der Waals surface area contributed by atoms with Crippen LogP contribution in [0.5, 0.6) is 5.75 Å². The molecule has 1 atom stereocenters. The molecule has 46 heavy (non-hydrogen) atoms. The predicted octanol–water partition coefficient (Wildman–Crippen LogP) is 2.00. The lowest BCUT2D eigenvalue weighted by molar-refractivity contribution is -0.140. The standard InChI is InChI=1S/C33H42N6O7/c1-21-7-10-24-25(16-21)36-26(17-28(24)45-20-30(41)39-11-3-6-27(39)32(43)35-23-4-2-5-23)31(42)34-18-29(40)37-12-14-38(15-13-37)33(44)46-19-22-8-9-22/h7,10,16-17,22-23,27H,2-6,8-9,11-15,18-20H2,1H3,(H,34,42)(H,35,43)/t27-/m0/s1. The molecule has 246 valence electrons. The minimum Gasteiger partial charge on any atom is -0.483 e. The second-order valence-electron chi connectivity index (χ2n) is 12.8. The molecule has 2 aliphatic heterocycles. The van der Waals surface area contributed by atoms with Gasteiger partial charge >= 0.3 is 6.09 Å². The van der Waals surface area contributed by atoms with Crippen molar-refractivity contribution < 1.29 is 33.4 Å². The molecule has 0 radical (unpaired) electrons. The van der Waals surface area contributed by atoms with Gasteiger partial charge in [0, 0.05) is 50.2 Å². The number of carbonyl (C=O) groups is 5. The summed E-state index contributed by atoms with van der Waals surface area (Å²) in [5.74, 6) is -0.422. The molecule has 2 saturated heterocycles. The van der Waals surface area contributed by atoms with Crippen molar-refractivity contribution >= 4 is 40.6 Å². The quantitative estimate of drug-likeness (QED) is 0.403. The van der Waals surface area contributed by atoms with Gasteiger partial charge in [-0.2, -0.15) is 0 Å². The molecule has 0 unspecified atom stereocenters. The van der Waals surface area contributed by atoms with E-state index in [0.29, 0.717) is 68.3 Å². The van der Waals surface area contributed by atoms with Crippen molar-refractivity contribution in [2.45, 2.75) is 64.0 Å². The zero-order valence-corrected chi connectivity index (χ0v) is 26.3. The maximum atomic E-state index is 13.2. The number of carbonyl (C=O) groups excluding carboxylic acids is 5. The Kier molecular flexibility index (Phi) is 9.55. The fourth-order valence-electron chi connectivity index (χ4n) is 6.01. The topological polar surface area (TPSA) is 150 Å². The van der Waals surface area contributed by atoms with E-state index in [2.05, 4.69) is 15.6 Å². The molecule has 4 fully saturated rings. The molecule has 0 spiro atoms. The Labute approximate surface area is 267 Å². The largest absolute Gasteiger partial charge is 0.483 e. The number of likely N-dealkylation sites (tertiary alicyclic amines) is 1. The van der Waals surface area contributed by atoms with Gasteiger partial charge in [-0.1, -0.05) is 6.07 Å². The van der Waals surface area contributed by atoms with Gasteiger partial charge in [0.2, 0.25) is 11.8 Å². The van der Waals surface area contributed by atoms with Crippen LogP contribution >= 0.6 is 0 Å². The van der Waals surface area contributed by atoms with Gasteiger partial charge in [-0.05, 0) is 75.5 Å². The molecule has 1 aromatic carbocycles. The van der Waals surface area contributed by atoms with E-state index in [1.165, 1.54) is 6.07 Å². The summed E-state index contributed by atoms with van der Waals surface area (Å²) in [7, 11) is 0. The Morgan fingerprint density at radius 2 is 1.65 bits per heavy atom. The van der Waals surface area contributed by atoms with Crippen molar-refractivity contribution in [1.29, 1.82) is 0 Å². The van der Waals surface area contributed by atoms with Crippen LogP contribution in [0, 0.1) is 12.8 Å². The number of hydrogen-bond donors (Lipinski definition) is 2. The van der Waals surface area contributed by atoms with Gasteiger partial charge in [0.25, 0.3) is 11.8 Å². The first kappa shape index (κ1) is 31.6. The van der Waals surface area contributed by atoms with Gasteiger partial charge in [0.15, 0.2) is 6.61 Å². The van der Waals surface area contributed by atoms with Crippen molar-refractivity contribution in [1.82, 2.24) is 30.3 Å². The average molecular weight is 635 g/mol. The third-order valence-electron chi connectivity index (χ3n) is 9.27. The van der Waals surface area contributed by atoms with E-state index in [1.807, 2.05) is 25.1 Å². The van der Waals surface area contributed by atoms with E-state index in [4.69, 9.17) is 9.47 Å². The van der Waals surface area contributed by atoms with Crippen LogP contribution in [0.2, 0.25) is 0 Å². The predicted molar refractivity (Wildman–Crippen MR) is 167 cm³/mol. The Morgan fingerprint density at radius 1 is 0.891 bits per heavy atom. The summed E-state index contributed by atoms with van der Waals surface area (Å²) in [4.78, 5) is 73.6. The number of ether oxygens (including phenoxy) is 2. The van der Waals surface area contributed by atoms with Gasteiger partial charge in [0.1, 0.15) is 17.5 Å². The van der Waals surface area contributed by atoms with Gasteiger partial charge < -0.3 is 34.8 Å². The summed E-state index contributed by atoms with van der Waals surface area (Å²) >= 11 is 0. The maximum absolute atomic E-state index is 13.2. The molecule has 3 heterocycles. The third-order valence-corrected chi connectivity index (χ3v) is 9.27. The lowest BCUT2D eigenvalue weighted by atomic mass is 9.93. The number of nitrogens with one attached hydrogen (secondary N) is 2. The lowest BCUT2D eigenvalue weighted by Gasteiger charge is -2.34. The molecule has 0 bridgehead atoms. The van der Waals surface area contributed by atoms with E-state index in [9.17, 15) is 24.0 Å². The molecular formula is C33H42N6O7. The van der Waals surface area contributed by atoms with E-state index < -0.39 is 11.9 Å². The second kappa shape index (κ2) is 13.9. The maximum Gasteiger partial charge on any atom is 0.409 e. The number of piperazine rings is 1. The Hall–Kier alpha value is -4.42. The fraction of sp³-hybridized carbons (Fsp3) is 0.576. The second-order valence-corrected chi connectivity index (χ2v) is 12.8. The van der Waals surface area contributed by atoms with Gasteiger partial charge in [-0.3, -0.25) is 19.2 Å². The molecule has 2 aromatic rings. The molecule has 2 aliphatic carbocycles. The van der Waals surface area contributed by atoms with Gasteiger partial charge in [-0.15, -0.1) is 0 Å². The highest BCUT2D eigenvalue weighted by molar-refractivity contribution is 5.99. The van der Waals surface area contributed by atoms with Crippen LogP contribution in [-0.2, 0) is 19.1 Å². The zero-order chi connectivity index (χ0) is 32.2. The summed E-state index contributed by atoms with van der Waals surface area (Å²) < 4.78 is 11.3. The van der Waals surface area contributed by atoms with Crippen LogP contribution in [0.25, 0.3) is 10.9 Å². The van der Waals surface area contributed by atoms with Crippen molar-refractivity contribution in [3.05, 3.63) is 35.5 Å². The highest BCUT2D eigenvalue weighted by Crippen LogP contribution is 2.29. The number of fused-ring (bicyclic) bond motifs is 1. The molecule has 13 heteroatoms. The Balaban J connectivity index is 1.04. The fourth-order valence-corrected chi connectivity index (χ4v) is 6.01.